The van der Waals surface area contributed by atoms with Crippen LogP contribution in [0.1, 0.15) is 48.4 Å². The van der Waals surface area contributed by atoms with Gasteiger partial charge < -0.3 is 9.88 Å². The van der Waals surface area contributed by atoms with Crippen LogP contribution in [0.2, 0.25) is 0 Å². The lowest BCUT2D eigenvalue weighted by atomic mass is 10.1. The van der Waals surface area contributed by atoms with E-state index in [9.17, 15) is 4.79 Å². The summed E-state index contributed by atoms with van der Waals surface area (Å²) in [5.41, 5.74) is 1.92. The molecule has 3 rings (SSSR count). The SMILES string of the molecule is Cc1cn2c(n1)CCC(NC(=O)Cc1csc(C(C)C)n1)C2. The maximum Gasteiger partial charge on any atom is 0.226 e. The number of amides is 1. The number of hydrogen-bond acceptors (Lipinski definition) is 4. The van der Waals surface area contributed by atoms with Gasteiger partial charge in [0.1, 0.15) is 5.82 Å². The Bertz CT molecular complexity index is 673. The summed E-state index contributed by atoms with van der Waals surface area (Å²) in [6.07, 6.45) is 4.31. The number of aromatic nitrogens is 3. The summed E-state index contributed by atoms with van der Waals surface area (Å²) in [6.45, 7) is 7.06. The molecule has 0 saturated heterocycles. The van der Waals surface area contributed by atoms with Crippen LogP contribution in [0.25, 0.3) is 0 Å². The van der Waals surface area contributed by atoms with Crippen molar-refractivity contribution in [1.82, 2.24) is 19.9 Å². The Morgan fingerprint density at radius 2 is 2.32 bits per heavy atom. The lowest BCUT2D eigenvalue weighted by Gasteiger charge is -2.24. The van der Waals surface area contributed by atoms with Crippen molar-refractivity contribution in [2.24, 2.45) is 0 Å². The number of nitrogens with one attached hydrogen (secondary N) is 1. The molecule has 0 saturated carbocycles. The summed E-state index contributed by atoms with van der Waals surface area (Å²) in [4.78, 5) is 21.2. The molecular formula is C16H22N4OS. The van der Waals surface area contributed by atoms with Crippen LogP contribution >= 0.6 is 11.3 Å². The van der Waals surface area contributed by atoms with Gasteiger partial charge in [-0.3, -0.25) is 4.79 Å². The van der Waals surface area contributed by atoms with Crippen molar-refractivity contribution in [3.05, 3.63) is 33.8 Å². The first-order valence-electron chi connectivity index (χ1n) is 7.77. The minimum absolute atomic E-state index is 0.0610. The highest BCUT2D eigenvalue weighted by Crippen LogP contribution is 2.19. The van der Waals surface area contributed by atoms with Crippen molar-refractivity contribution < 1.29 is 4.79 Å². The molecule has 118 valence electrons. The number of hydrogen-bond donors (Lipinski definition) is 1. The third-order valence-electron chi connectivity index (χ3n) is 3.88. The number of thiazole rings is 1. The number of carbonyl (C=O) groups is 1. The van der Waals surface area contributed by atoms with Crippen molar-refractivity contribution in [3.63, 3.8) is 0 Å². The van der Waals surface area contributed by atoms with Gasteiger partial charge in [0.2, 0.25) is 5.91 Å². The van der Waals surface area contributed by atoms with Crippen LogP contribution in [0.5, 0.6) is 0 Å². The highest BCUT2D eigenvalue weighted by atomic mass is 32.1. The highest BCUT2D eigenvalue weighted by molar-refractivity contribution is 7.09. The lowest BCUT2D eigenvalue weighted by Crippen LogP contribution is -2.41. The van der Waals surface area contributed by atoms with E-state index in [0.717, 1.165) is 41.6 Å². The van der Waals surface area contributed by atoms with Gasteiger partial charge in [0.25, 0.3) is 0 Å². The first kappa shape index (κ1) is 15.2. The van der Waals surface area contributed by atoms with Gasteiger partial charge in [-0.25, -0.2) is 9.97 Å². The molecule has 0 aliphatic carbocycles. The number of imidazole rings is 1. The number of carbonyl (C=O) groups excluding carboxylic acids is 1. The van der Waals surface area contributed by atoms with E-state index in [4.69, 9.17) is 0 Å². The molecule has 1 N–H and O–H groups in total. The summed E-state index contributed by atoms with van der Waals surface area (Å²) in [5, 5.41) is 6.22. The Kier molecular flexibility index (Phi) is 4.29. The first-order valence-corrected chi connectivity index (χ1v) is 8.65. The molecule has 1 atom stereocenters. The lowest BCUT2D eigenvalue weighted by molar-refractivity contribution is -0.121. The largest absolute Gasteiger partial charge is 0.351 e. The molecule has 5 nitrogen and oxygen atoms in total. The molecule has 1 aliphatic heterocycles. The molecule has 2 aromatic rings. The second kappa shape index (κ2) is 6.20. The summed E-state index contributed by atoms with van der Waals surface area (Å²) >= 11 is 1.64. The monoisotopic (exact) mass is 318 g/mol. The molecule has 0 radical (unpaired) electrons. The van der Waals surface area contributed by atoms with Crippen molar-refractivity contribution in [1.29, 1.82) is 0 Å². The normalized spacial score (nSPS) is 17.5. The fourth-order valence-electron chi connectivity index (χ4n) is 2.82. The van der Waals surface area contributed by atoms with Gasteiger partial charge in [-0.2, -0.15) is 0 Å². The third kappa shape index (κ3) is 3.38. The third-order valence-corrected chi connectivity index (χ3v) is 5.08. The van der Waals surface area contributed by atoms with Crippen molar-refractivity contribution in [2.75, 3.05) is 0 Å². The quantitative estimate of drug-likeness (QED) is 0.942. The zero-order valence-electron chi connectivity index (χ0n) is 13.3. The molecular weight excluding hydrogens is 296 g/mol. The molecule has 0 fully saturated rings. The van der Waals surface area contributed by atoms with Crippen LogP contribution in [0, 0.1) is 6.92 Å². The number of nitrogens with zero attached hydrogens (tertiary/aromatic N) is 3. The van der Waals surface area contributed by atoms with E-state index in [1.54, 1.807) is 11.3 Å². The molecule has 1 amide bonds. The van der Waals surface area contributed by atoms with Gasteiger partial charge in [0.15, 0.2) is 0 Å². The number of rotatable bonds is 4. The summed E-state index contributed by atoms with van der Waals surface area (Å²) in [6, 6.07) is 0.191. The average molecular weight is 318 g/mol. The Morgan fingerprint density at radius 3 is 3.05 bits per heavy atom. The van der Waals surface area contributed by atoms with E-state index in [0.29, 0.717) is 12.3 Å². The Labute approximate surface area is 134 Å². The van der Waals surface area contributed by atoms with Gasteiger partial charge >= 0.3 is 0 Å². The zero-order valence-corrected chi connectivity index (χ0v) is 14.1. The van der Waals surface area contributed by atoms with Crippen molar-refractivity contribution in [2.45, 2.75) is 58.5 Å². The molecule has 6 heteroatoms. The van der Waals surface area contributed by atoms with Crippen molar-refractivity contribution in [3.8, 4) is 0 Å². The van der Waals surface area contributed by atoms with E-state index >= 15 is 0 Å². The molecule has 0 spiro atoms. The second-order valence-electron chi connectivity index (χ2n) is 6.26. The maximum absolute atomic E-state index is 12.2. The van der Waals surface area contributed by atoms with E-state index < -0.39 is 0 Å². The van der Waals surface area contributed by atoms with Gasteiger partial charge in [0, 0.05) is 36.5 Å². The van der Waals surface area contributed by atoms with Gasteiger partial charge in [-0.05, 0) is 13.3 Å². The minimum Gasteiger partial charge on any atom is -0.351 e. The Hall–Kier alpha value is -1.69. The van der Waals surface area contributed by atoms with Crippen LogP contribution in [0.15, 0.2) is 11.6 Å². The minimum atomic E-state index is 0.0610. The predicted octanol–water partition coefficient (Wildman–Crippen LogP) is 2.45. The highest BCUT2D eigenvalue weighted by Gasteiger charge is 2.21. The fourth-order valence-corrected chi connectivity index (χ4v) is 3.65. The first-order chi connectivity index (χ1) is 10.5. The maximum atomic E-state index is 12.2. The molecule has 1 unspecified atom stereocenters. The molecule has 3 heterocycles. The Morgan fingerprint density at radius 1 is 1.50 bits per heavy atom. The number of aryl methyl sites for hydroxylation is 2. The van der Waals surface area contributed by atoms with Crippen LogP contribution in [0.3, 0.4) is 0 Å². The summed E-state index contributed by atoms with van der Waals surface area (Å²) in [5.74, 6) is 1.61. The smallest absolute Gasteiger partial charge is 0.226 e. The van der Waals surface area contributed by atoms with E-state index in [1.807, 2.05) is 12.3 Å². The van der Waals surface area contributed by atoms with E-state index in [-0.39, 0.29) is 11.9 Å². The molecule has 22 heavy (non-hydrogen) atoms. The Balaban J connectivity index is 1.56. The van der Waals surface area contributed by atoms with E-state index in [2.05, 4.69) is 39.9 Å². The van der Waals surface area contributed by atoms with Gasteiger partial charge in [0.05, 0.1) is 22.8 Å². The fraction of sp³-hybridized carbons (Fsp3) is 0.562. The van der Waals surface area contributed by atoms with E-state index in [1.165, 1.54) is 0 Å². The topological polar surface area (TPSA) is 59.8 Å². The van der Waals surface area contributed by atoms with Crippen LogP contribution in [-0.2, 0) is 24.2 Å². The second-order valence-corrected chi connectivity index (χ2v) is 7.15. The van der Waals surface area contributed by atoms with Crippen LogP contribution in [-0.4, -0.2) is 26.5 Å². The molecule has 0 aromatic carbocycles. The molecule has 1 aliphatic rings. The molecule has 2 aromatic heterocycles. The van der Waals surface area contributed by atoms with Gasteiger partial charge in [-0.15, -0.1) is 11.3 Å². The van der Waals surface area contributed by atoms with Crippen LogP contribution in [0.4, 0.5) is 0 Å². The predicted molar refractivity (Wildman–Crippen MR) is 87.1 cm³/mol. The summed E-state index contributed by atoms with van der Waals surface area (Å²) < 4.78 is 2.16. The van der Waals surface area contributed by atoms with Crippen molar-refractivity contribution >= 4 is 17.2 Å². The zero-order chi connectivity index (χ0) is 15.7. The standard InChI is InChI=1S/C16H22N4OS/c1-10(2)16-19-13(9-22-16)6-15(21)18-12-4-5-14-17-11(3)7-20(14)8-12/h7,9-10,12H,4-6,8H2,1-3H3,(H,18,21). The van der Waals surface area contributed by atoms with Crippen LogP contribution < -0.4 is 5.32 Å². The molecule has 0 bridgehead atoms. The summed E-state index contributed by atoms with van der Waals surface area (Å²) in [7, 11) is 0. The van der Waals surface area contributed by atoms with Gasteiger partial charge in [-0.1, -0.05) is 13.8 Å². The number of fused-ring (bicyclic) bond motifs is 1. The average Bonchev–Trinajstić information content (AvgIpc) is 3.03.